The van der Waals surface area contributed by atoms with E-state index < -0.39 is 73.9 Å². The summed E-state index contributed by atoms with van der Waals surface area (Å²) in [5, 5.41) is 22.7. The molecule has 0 saturated heterocycles. The van der Waals surface area contributed by atoms with Gasteiger partial charge >= 0.3 is 18.0 Å². The van der Waals surface area contributed by atoms with Gasteiger partial charge in [-0.05, 0) is 149 Å². The summed E-state index contributed by atoms with van der Waals surface area (Å²) in [6.45, 7) is 15.3. The minimum absolute atomic E-state index is 0.0408. The summed E-state index contributed by atoms with van der Waals surface area (Å²) in [6.07, 6.45) is 7.29. The molecule has 3 aliphatic rings. The number of oxime groups is 1. The number of aromatic hydroxyl groups is 1. The third-order valence-corrected chi connectivity index (χ3v) is 21.7. The number of aromatic nitrogens is 6. The number of esters is 2. The number of carbonyl (C=O) groups is 6. The van der Waals surface area contributed by atoms with E-state index in [1.807, 2.05) is 25.5 Å². The maximum absolute atomic E-state index is 13.5. The molecule has 0 radical (unpaired) electrons. The first-order valence-corrected chi connectivity index (χ1v) is 41.6. The number of para-hydroxylation sites is 1. The molecule has 4 amide bonds. The molecule has 35 nitrogen and oxygen atoms in total. The van der Waals surface area contributed by atoms with Crippen LogP contribution in [0.4, 0.5) is 10.7 Å². The van der Waals surface area contributed by atoms with E-state index in [1.165, 1.54) is 99.4 Å². The smallest absolute Gasteiger partial charge is 0.339 e. The summed E-state index contributed by atoms with van der Waals surface area (Å²) >= 11 is 0. The molecule has 0 atom stereocenters. The lowest BCUT2D eigenvalue weighted by Gasteiger charge is -2.19. The van der Waals surface area contributed by atoms with Gasteiger partial charge in [-0.15, -0.1) is 0 Å². The molecule has 6 N–H and O–H groups in total. The first-order valence-electron chi connectivity index (χ1n) is 34.8. The number of ether oxygens (including phenoxy) is 6. The summed E-state index contributed by atoms with van der Waals surface area (Å²) in [5.74, 6) is -2.69. The van der Waals surface area contributed by atoms with Gasteiger partial charge in [-0.3, -0.25) is 29.3 Å². The first kappa shape index (κ1) is 87.2. The number of carbonyl (C=O) groups excluding carboxylic acids is 6. The Morgan fingerprint density at radius 1 is 0.673 bits per heavy atom. The Morgan fingerprint density at radius 3 is 1.83 bits per heavy atom. The maximum atomic E-state index is 13.5. The third kappa shape index (κ3) is 22.1. The number of hydrogen-bond acceptors (Lipinski definition) is 27. The van der Waals surface area contributed by atoms with E-state index in [2.05, 4.69) is 73.2 Å². The number of sulfonamides is 3. The van der Waals surface area contributed by atoms with Gasteiger partial charge < -0.3 is 43.7 Å². The topological polar surface area (TPSA) is 467 Å². The van der Waals surface area contributed by atoms with Crippen LogP contribution in [0.15, 0.2) is 128 Å². The van der Waals surface area contributed by atoms with Crippen molar-refractivity contribution in [3.8, 4) is 40.4 Å². The third-order valence-electron chi connectivity index (χ3n) is 17.2. The van der Waals surface area contributed by atoms with Crippen molar-refractivity contribution < 1.29 is 101 Å². The van der Waals surface area contributed by atoms with Gasteiger partial charge in [0.25, 0.3) is 37.4 Å². The van der Waals surface area contributed by atoms with E-state index in [-0.39, 0.29) is 97.0 Å². The highest BCUT2D eigenvalue weighted by Crippen LogP contribution is 2.37. The molecular formula is C74H88N12O23S4. The molecule has 1 aliphatic carbocycles. The number of sulfone groups is 1. The summed E-state index contributed by atoms with van der Waals surface area (Å²) in [7, 11) is -9.21. The molecule has 0 spiro atoms. The number of urea groups is 1. The van der Waals surface area contributed by atoms with E-state index >= 15 is 0 Å². The van der Waals surface area contributed by atoms with Crippen molar-refractivity contribution in [3.05, 3.63) is 175 Å². The monoisotopic (exact) mass is 1640 g/mol. The van der Waals surface area contributed by atoms with Gasteiger partial charge in [0.05, 0.1) is 105 Å². The molecule has 2 aliphatic heterocycles. The zero-order valence-electron chi connectivity index (χ0n) is 64.4. The Morgan fingerprint density at radius 2 is 1.29 bits per heavy atom. The Hall–Kier alpha value is -11.4. The van der Waals surface area contributed by atoms with Gasteiger partial charge in [0, 0.05) is 49.0 Å². The van der Waals surface area contributed by atoms with Crippen molar-refractivity contribution in [2.75, 3.05) is 66.1 Å². The first-order chi connectivity index (χ1) is 53.2. The summed E-state index contributed by atoms with van der Waals surface area (Å²) in [6, 6.07) is 22.6. The highest BCUT2D eigenvalue weighted by Gasteiger charge is 2.34. The number of ketones is 1. The standard InChI is InChI=1S/C23H32N2O4.C18H18N2O5S.C17H21N5O9S2.C16H17N3O5S/c1-7-16-13-15(3)14-17(8-2)18(16)19-20(26)24-9-11-28-12-10-25(24)21(19)29-22(27)23(4,5)6;1-25-16-5-3-2-4-15(16)18(22)20-26(23,24)14-10-6-12(7-11-14)17(21)19-13-8-9-13;1-29-13-8-14(30-2)20-16(19-13)21-17(24)22-33(27,28)12-7-10(9-18-32(4,25)26)5-6-11(12)15(23)31-3;1-9-10(15(20)11-8-17-19(2)16(11)21)4-5-13(25(3,22)23)14(9)12-6-7-24-18-12/h13-14H,7-12H2,1-6H3;2-7,10-11,13H,8-9H2,1H3,(H,19,21)(H,20,22);5-8,18H,9H2,1-4H3,(H2,19,20,21,22,24);4-5,8,21H,6-7H2,1-3H3. The second-order valence-electron chi connectivity index (χ2n) is 26.6. The minimum atomic E-state index is -4.63. The van der Waals surface area contributed by atoms with Crippen molar-refractivity contribution in [1.29, 1.82) is 0 Å². The summed E-state index contributed by atoms with van der Waals surface area (Å²) < 4.78 is 139. The molecule has 113 heavy (non-hydrogen) atoms. The lowest BCUT2D eigenvalue weighted by molar-refractivity contribution is -0.143. The Bertz CT molecular complexity index is 5490. The Labute approximate surface area is 652 Å². The summed E-state index contributed by atoms with van der Waals surface area (Å²) in [4.78, 5) is 99.8. The number of fused-ring (bicyclic) bond motifs is 1. The normalized spacial score (nSPS) is 13.3. The van der Waals surface area contributed by atoms with E-state index in [0.29, 0.717) is 73.2 Å². The van der Waals surface area contributed by atoms with Gasteiger partial charge in [-0.25, -0.2) is 71.5 Å². The molecule has 3 aromatic heterocycles. The lowest BCUT2D eigenvalue weighted by atomic mass is 9.91. The molecule has 1 saturated carbocycles. The number of anilines is 1. The van der Waals surface area contributed by atoms with Crippen LogP contribution in [0.5, 0.6) is 29.3 Å². The van der Waals surface area contributed by atoms with Gasteiger partial charge in [-0.1, -0.05) is 54.9 Å². The fourth-order valence-electron chi connectivity index (χ4n) is 11.3. The zero-order chi connectivity index (χ0) is 83.2. The quantitative estimate of drug-likeness (QED) is 0.0295. The van der Waals surface area contributed by atoms with Crippen LogP contribution in [0.25, 0.3) is 11.1 Å². The van der Waals surface area contributed by atoms with Crippen molar-refractivity contribution in [2.45, 2.75) is 121 Å². The SMILES string of the molecule is CCc1cc(C)cc(CC)c1-c1c(OC(=O)C(C)(C)C)n2n(c1=O)CCOCC2.COC(=O)c1ccc(CNS(C)(=O)=O)cc1S(=O)(=O)NC(=O)Nc1nc(OC)cc(OC)n1.COc1ccccc1C(=O)NS(=O)(=O)c1ccc(C(=O)NC2CC2)cc1.Cc1c(C(=O)c2cnn(C)c2O)ccc(S(C)(=O)=O)c1C1=NOCC1. The molecule has 5 heterocycles. The average molecular weight is 1640 g/mol. The van der Waals surface area contributed by atoms with E-state index in [4.69, 9.17) is 28.5 Å². The minimum Gasteiger partial charge on any atom is -0.496 e. The predicted molar refractivity (Wildman–Crippen MR) is 412 cm³/mol. The van der Waals surface area contributed by atoms with Crippen LogP contribution >= 0.6 is 0 Å². The van der Waals surface area contributed by atoms with Gasteiger partial charge in [0.15, 0.2) is 15.6 Å². The van der Waals surface area contributed by atoms with Crippen LogP contribution in [0.2, 0.25) is 0 Å². The number of hydrogen-bond donors (Lipinski definition) is 6. The fraction of sp³-hybridized carbons (Fsp3) is 0.365. The van der Waals surface area contributed by atoms with Crippen molar-refractivity contribution >= 4 is 87.1 Å². The Kier molecular flexibility index (Phi) is 28.4. The molecule has 11 rings (SSSR count). The fourth-order valence-corrected chi connectivity index (χ4v) is 14.8. The Balaban J connectivity index is 0.000000190. The van der Waals surface area contributed by atoms with Crippen LogP contribution in [0, 0.1) is 19.3 Å². The molecule has 39 heteroatoms. The number of rotatable bonds is 23. The lowest BCUT2D eigenvalue weighted by Crippen LogP contribution is -2.35. The number of amides is 4. The largest absolute Gasteiger partial charge is 0.496 e. The second-order valence-corrected chi connectivity index (χ2v) is 33.8. The molecule has 606 valence electrons. The molecule has 5 aromatic carbocycles. The van der Waals surface area contributed by atoms with Crippen LogP contribution < -0.4 is 49.3 Å². The van der Waals surface area contributed by atoms with Gasteiger partial charge in [-0.2, -0.15) is 15.1 Å². The van der Waals surface area contributed by atoms with E-state index in [9.17, 15) is 72.3 Å². The maximum Gasteiger partial charge on any atom is 0.339 e. The van der Waals surface area contributed by atoms with Crippen molar-refractivity contribution in [2.24, 2.45) is 17.6 Å². The summed E-state index contributed by atoms with van der Waals surface area (Å²) in [5.41, 5.74) is 5.96. The van der Waals surface area contributed by atoms with Crippen LogP contribution in [-0.4, -0.2) is 176 Å². The highest BCUT2D eigenvalue weighted by atomic mass is 32.2. The van der Waals surface area contributed by atoms with Crippen molar-refractivity contribution in [1.82, 2.24) is 48.6 Å². The number of nitrogens with one attached hydrogen (secondary N) is 5. The van der Waals surface area contributed by atoms with E-state index in [0.717, 1.165) is 74.1 Å². The number of methoxy groups -OCH3 is 4. The number of nitrogens with zero attached hydrogens (tertiary/aromatic N) is 7. The van der Waals surface area contributed by atoms with Gasteiger partial charge in [0.2, 0.25) is 39.5 Å². The number of benzene rings is 5. The molecule has 8 aromatic rings. The molecule has 0 unspecified atom stereocenters. The predicted octanol–water partition coefficient (Wildman–Crippen LogP) is 6.47. The van der Waals surface area contributed by atoms with Crippen LogP contribution in [-0.2, 0) is 98.5 Å². The average Bonchev–Trinajstić information content (AvgIpc) is 1.56. The highest BCUT2D eigenvalue weighted by molar-refractivity contribution is 7.91. The molecule has 0 bridgehead atoms. The van der Waals surface area contributed by atoms with E-state index in [1.54, 1.807) is 39.2 Å². The second kappa shape index (κ2) is 36.8. The molecular weight excluding hydrogens is 1550 g/mol. The van der Waals surface area contributed by atoms with Crippen molar-refractivity contribution in [3.63, 3.8) is 0 Å². The van der Waals surface area contributed by atoms with Gasteiger partial charge in [0.1, 0.15) is 28.4 Å². The number of aryl methyl sites for hydroxylation is 4. The van der Waals surface area contributed by atoms with Crippen LogP contribution in [0.3, 0.4) is 0 Å². The zero-order valence-corrected chi connectivity index (χ0v) is 67.6. The van der Waals surface area contributed by atoms with Crippen LogP contribution in [0.1, 0.15) is 134 Å². The molecule has 1 fully saturated rings.